The number of halogens is 6. The first-order chi connectivity index (χ1) is 10.7. The molecule has 1 N–H and O–H groups in total. The first kappa shape index (κ1) is 20.5. The molecule has 24 heavy (non-hydrogen) atoms. The quantitative estimate of drug-likeness (QED) is 0.454. The minimum Gasteiger partial charge on any atom is -0.459 e. The molecule has 6 nitrogen and oxygen atoms in total. The number of esters is 1. The van der Waals surface area contributed by atoms with Crippen molar-refractivity contribution in [1.82, 2.24) is 0 Å². The van der Waals surface area contributed by atoms with Crippen LogP contribution in [0.4, 0.5) is 26.3 Å². The highest BCUT2D eigenvalue weighted by atomic mass is 32.2. The van der Waals surface area contributed by atoms with Gasteiger partial charge < -0.3 is 4.74 Å². The Kier molecular flexibility index (Phi) is 5.46. The van der Waals surface area contributed by atoms with Gasteiger partial charge in [0.1, 0.15) is 6.10 Å². The maximum Gasteiger partial charge on any atom is 0.458 e. The summed E-state index contributed by atoms with van der Waals surface area (Å²) in [6.07, 6.45) is -8.28. The minimum atomic E-state index is -6.83. The topological polar surface area (TPSA) is 104 Å². The molecule has 1 fully saturated rings. The van der Waals surface area contributed by atoms with Crippen molar-refractivity contribution in [2.24, 2.45) is 5.92 Å². The molecule has 0 heterocycles. The molecular weight excluding hydrogens is 372 g/mol. The molecule has 0 amide bonds. The van der Waals surface area contributed by atoms with Crippen LogP contribution in [0.5, 0.6) is 0 Å². The summed E-state index contributed by atoms with van der Waals surface area (Å²) >= 11 is 0. The van der Waals surface area contributed by atoms with Gasteiger partial charge in [0, 0.05) is 5.92 Å². The first-order valence-corrected chi connectivity index (χ1v) is 7.83. The fourth-order valence-electron chi connectivity index (χ4n) is 2.11. The van der Waals surface area contributed by atoms with Crippen LogP contribution < -0.4 is 0 Å². The van der Waals surface area contributed by atoms with Crippen molar-refractivity contribution in [3.05, 3.63) is 0 Å². The van der Waals surface area contributed by atoms with Crippen LogP contribution in [0.3, 0.4) is 0 Å². The van der Waals surface area contributed by atoms with Gasteiger partial charge >= 0.3 is 33.2 Å². The lowest BCUT2D eigenvalue weighted by atomic mass is 9.88. The number of hydrogen-bond donors (Lipinski definition) is 1. The van der Waals surface area contributed by atoms with Crippen LogP contribution in [-0.2, 0) is 19.6 Å². The van der Waals surface area contributed by atoms with Gasteiger partial charge in [0.15, 0.2) is 0 Å². The van der Waals surface area contributed by atoms with Crippen molar-refractivity contribution in [2.75, 3.05) is 0 Å². The van der Waals surface area contributed by atoms with E-state index in [0.29, 0.717) is 0 Å². The smallest absolute Gasteiger partial charge is 0.458 e. The van der Waals surface area contributed by atoms with E-state index in [9.17, 15) is 39.6 Å². The second-order valence-electron chi connectivity index (χ2n) is 5.15. The largest absolute Gasteiger partial charge is 0.459 e. The van der Waals surface area contributed by atoms with Crippen molar-refractivity contribution < 1.29 is 48.8 Å². The maximum atomic E-state index is 14.0. The highest BCUT2D eigenvalue weighted by Gasteiger charge is 2.82. The molecule has 0 aromatic heterocycles. The Morgan fingerprint density at radius 2 is 1.54 bits per heavy atom. The zero-order chi connectivity index (χ0) is 19.0. The Labute approximate surface area is 132 Å². The van der Waals surface area contributed by atoms with E-state index >= 15 is 0 Å². The SMILES string of the molecule is N#CC1CCC(OC(=O)C(F)(C(F)(F)C(F)(F)F)S(=O)(=O)O)CC1. The Morgan fingerprint density at radius 3 is 1.88 bits per heavy atom. The molecule has 0 saturated heterocycles. The zero-order valence-corrected chi connectivity index (χ0v) is 12.5. The lowest BCUT2D eigenvalue weighted by molar-refractivity contribution is -0.311. The van der Waals surface area contributed by atoms with E-state index in [1.165, 1.54) is 0 Å². The van der Waals surface area contributed by atoms with E-state index < -0.39 is 45.2 Å². The van der Waals surface area contributed by atoms with Crippen molar-refractivity contribution in [3.8, 4) is 6.07 Å². The molecule has 1 rings (SSSR count). The van der Waals surface area contributed by atoms with Crippen LogP contribution in [0.1, 0.15) is 25.7 Å². The number of rotatable bonds is 4. The molecule has 138 valence electrons. The molecule has 1 aliphatic carbocycles. The minimum absolute atomic E-state index is 0.0925. The third-order valence-electron chi connectivity index (χ3n) is 3.51. The number of carbonyl (C=O) groups excluding carboxylic acids is 1. The summed E-state index contributed by atoms with van der Waals surface area (Å²) in [4.78, 5) is 11.4. The van der Waals surface area contributed by atoms with E-state index in [-0.39, 0.29) is 25.7 Å². The van der Waals surface area contributed by atoms with Crippen LogP contribution in [0, 0.1) is 17.2 Å². The van der Waals surface area contributed by atoms with Crippen molar-refractivity contribution in [3.63, 3.8) is 0 Å². The van der Waals surface area contributed by atoms with Crippen molar-refractivity contribution in [1.29, 1.82) is 5.26 Å². The molecule has 0 bridgehead atoms. The molecule has 0 spiro atoms. The van der Waals surface area contributed by atoms with Crippen LogP contribution in [0.15, 0.2) is 0 Å². The van der Waals surface area contributed by atoms with Gasteiger partial charge in [0.25, 0.3) is 0 Å². The lowest BCUT2D eigenvalue weighted by Gasteiger charge is -2.32. The number of hydrogen-bond acceptors (Lipinski definition) is 5. The van der Waals surface area contributed by atoms with E-state index in [2.05, 4.69) is 4.74 Å². The van der Waals surface area contributed by atoms with Gasteiger partial charge in [-0.15, -0.1) is 0 Å². The molecular formula is C11H11F6NO5S. The summed E-state index contributed by atoms with van der Waals surface area (Å²) in [5.41, 5.74) is 0. The summed E-state index contributed by atoms with van der Waals surface area (Å²) in [5.74, 6) is -10.3. The van der Waals surface area contributed by atoms with E-state index in [1.54, 1.807) is 0 Å². The molecule has 0 aromatic carbocycles. The Balaban J connectivity index is 3.11. The second-order valence-corrected chi connectivity index (χ2v) is 6.66. The van der Waals surface area contributed by atoms with E-state index in [1.807, 2.05) is 6.07 Å². The predicted molar refractivity (Wildman–Crippen MR) is 63.8 cm³/mol. The average Bonchev–Trinajstić information content (AvgIpc) is 2.44. The number of alkyl halides is 6. The molecule has 1 unspecified atom stereocenters. The second kappa shape index (κ2) is 6.40. The van der Waals surface area contributed by atoms with Gasteiger partial charge in [-0.05, 0) is 25.7 Å². The van der Waals surface area contributed by atoms with Crippen molar-refractivity contribution >= 4 is 16.1 Å². The van der Waals surface area contributed by atoms with Gasteiger partial charge in [-0.2, -0.15) is 35.6 Å². The van der Waals surface area contributed by atoms with Gasteiger partial charge in [0.2, 0.25) is 0 Å². The predicted octanol–water partition coefficient (Wildman–Crippen LogP) is 2.36. The monoisotopic (exact) mass is 383 g/mol. The van der Waals surface area contributed by atoms with Crippen LogP contribution in [-0.4, -0.2) is 42.1 Å². The molecule has 1 atom stereocenters. The highest BCUT2D eigenvalue weighted by molar-refractivity contribution is 7.88. The molecule has 13 heteroatoms. The number of ether oxygens (including phenoxy) is 1. The Hall–Kier alpha value is -1.55. The highest BCUT2D eigenvalue weighted by Crippen LogP contribution is 2.49. The van der Waals surface area contributed by atoms with Gasteiger partial charge in [-0.1, -0.05) is 0 Å². The van der Waals surface area contributed by atoms with Crippen LogP contribution in [0.25, 0.3) is 0 Å². The third-order valence-corrected chi connectivity index (χ3v) is 4.64. The van der Waals surface area contributed by atoms with Gasteiger partial charge in [-0.3, -0.25) is 4.55 Å². The summed E-state index contributed by atoms with van der Waals surface area (Å²) in [5, 5.41) is 2.60. The standard InChI is InChI=1S/C11H11F6NO5S/c12-9(24(20,21)22,10(13,14)11(15,16)17)8(19)23-7-3-1-6(5-18)2-4-7/h6-7H,1-4H2,(H,20,21,22). The molecule has 0 aliphatic heterocycles. The number of carbonyl (C=O) groups is 1. The fraction of sp³-hybridized carbons (Fsp3) is 0.818. The van der Waals surface area contributed by atoms with Gasteiger partial charge in [-0.25, -0.2) is 9.18 Å². The van der Waals surface area contributed by atoms with Crippen molar-refractivity contribution in [2.45, 2.75) is 48.9 Å². The fourth-order valence-corrected chi connectivity index (χ4v) is 2.81. The summed E-state index contributed by atoms with van der Waals surface area (Å²) in [6.45, 7) is 0. The molecule has 0 aromatic rings. The normalized spacial score (nSPS) is 25.4. The lowest BCUT2D eigenvalue weighted by Crippen LogP contribution is -2.63. The van der Waals surface area contributed by atoms with Crippen LogP contribution >= 0.6 is 0 Å². The maximum absolute atomic E-state index is 14.0. The summed E-state index contributed by atoms with van der Waals surface area (Å²) < 4.78 is 111. The first-order valence-electron chi connectivity index (χ1n) is 6.39. The Bertz CT molecular complexity index is 634. The number of nitrogens with zero attached hydrogens (tertiary/aromatic N) is 1. The zero-order valence-electron chi connectivity index (χ0n) is 11.7. The third kappa shape index (κ3) is 3.44. The van der Waals surface area contributed by atoms with E-state index in [4.69, 9.17) is 9.81 Å². The number of nitriles is 1. The summed E-state index contributed by atoms with van der Waals surface area (Å²) in [7, 11) is -6.83. The Morgan fingerprint density at radius 1 is 1.08 bits per heavy atom. The molecule has 1 saturated carbocycles. The average molecular weight is 383 g/mol. The van der Waals surface area contributed by atoms with Gasteiger partial charge in [0.05, 0.1) is 6.07 Å². The summed E-state index contributed by atoms with van der Waals surface area (Å²) in [6, 6.07) is 1.86. The molecule has 0 radical (unpaired) electrons. The van der Waals surface area contributed by atoms with Crippen LogP contribution in [0.2, 0.25) is 0 Å². The van der Waals surface area contributed by atoms with E-state index in [0.717, 1.165) is 0 Å². The molecule has 1 aliphatic rings.